The molecule has 2 rings (SSSR count). The molecule has 0 aliphatic rings. The van der Waals surface area contributed by atoms with Crippen molar-refractivity contribution in [3.8, 4) is 0 Å². The van der Waals surface area contributed by atoms with E-state index in [4.69, 9.17) is 5.73 Å². The van der Waals surface area contributed by atoms with E-state index in [0.29, 0.717) is 0 Å². The molecule has 0 aromatic carbocycles. The third-order valence-corrected chi connectivity index (χ3v) is 1.87. The van der Waals surface area contributed by atoms with Gasteiger partial charge in [-0.25, -0.2) is 4.52 Å². The summed E-state index contributed by atoms with van der Waals surface area (Å²) in [6, 6.07) is 0. The quantitative estimate of drug-likeness (QED) is 0.596. The lowest BCUT2D eigenvalue weighted by Gasteiger charge is -1.91. The molecule has 58 valence electrons. The Hall–Kier alpha value is -1.45. The van der Waals surface area contributed by atoms with Gasteiger partial charge in [0.15, 0.2) is 5.65 Å². The highest BCUT2D eigenvalue weighted by atomic mass is 15.3. The van der Waals surface area contributed by atoms with Crippen molar-refractivity contribution in [1.29, 1.82) is 0 Å². The second kappa shape index (κ2) is 1.78. The molecule has 0 bridgehead atoms. The van der Waals surface area contributed by atoms with Gasteiger partial charge >= 0.3 is 0 Å². The molecule has 2 N–H and O–H groups in total. The Morgan fingerprint density at radius 1 is 1.45 bits per heavy atom. The third kappa shape index (κ3) is 0.661. The number of fused-ring (bicyclic) bond motifs is 1. The molecule has 0 aliphatic heterocycles. The minimum absolute atomic E-state index is 0.762. The van der Waals surface area contributed by atoms with E-state index in [0.717, 1.165) is 17.0 Å². The topological polar surface area (TPSA) is 48.2 Å². The van der Waals surface area contributed by atoms with E-state index in [1.807, 2.05) is 30.9 Å². The molecule has 11 heavy (non-hydrogen) atoms. The highest BCUT2D eigenvalue weighted by molar-refractivity contribution is 5.67. The zero-order chi connectivity index (χ0) is 8.01. The lowest BCUT2D eigenvalue weighted by atomic mass is 10.4. The van der Waals surface area contributed by atoms with E-state index in [-0.39, 0.29) is 0 Å². The molecule has 2 aromatic heterocycles. The molecule has 4 nitrogen and oxygen atoms in total. The molecule has 0 fully saturated rings. The van der Waals surface area contributed by atoms with Crippen LogP contribution in [-0.2, 0) is 7.05 Å². The van der Waals surface area contributed by atoms with Crippen molar-refractivity contribution in [2.24, 2.45) is 7.05 Å². The molecule has 2 aromatic rings. The summed E-state index contributed by atoms with van der Waals surface area (Å²) in [6.07, 6.45) is 3.82. The van der Waals surface area contributed by atoms with Gasteiger partial charge in [0.1, 0.15) is 0 Å². The van der Waals surface area contributed by atoms with Gasteiger partial charge in [-0.3, -0.25) is 0 Å². The zero-order valence-corrected chi connectivity index (χ0v) is 6.57. The van der Waals surface area contributed by atoms with Gasteiger partial charge in [0.2, 0.25) is 0 Å². The first-order valence-corrected chi connectivity index (χ1v) is 3.46. The highest BCUT2D eigenvalue weighted by Crippen LogP contribution is 2.16. The summed E-state index contributed by atoms with van der Waals surface area (Å²) < 4.78 is 3.74. The fourth-order valence-electron chi connectivity index (χ4n) is 1.24. The van der Waals surface area contributed by atoms with Crippen molar-refractivity contribution in [1.82, 2.24) is 14.2 Å². The number of hydrogen-bond acceptors (Lipinski definition) is 2. The normalized spacial score (nSPS) is 11.1. The molecule has 4 heteroatoms. The van der Waals surface area contributed by atoms with Crippen LogP contribution in [0.3, 0.4) is 0 Å². The fraction of sp³-hybridized carbons (Fsp3) is 0.286. The molecule has 0 amide bonds. The number of nitrogens with zero attached hydrogens (tertiary/aromatic N) is 3. The van der Waals surface area contributed by atoms with Gasteiger partial charge in [-0.15, -0.1) is 0 Å². The number of aromatic nitrogens is 3. The van der Waals surface area contributed by atoms with Crippen LogP contribution >= 0.6 is 0 Å². The molecule has 0 unspecified atom stereocenters. The van der Waals surface area contributed by atoms with Gasteiger partial charge in [-0.1, -0.05) is 0 Å². The van der Waals surface area contributed by atoms with Crippen molar-refractivity contribution < 1.29 is 0 Å². The Morgan fingerprint density at radius 2 is 2.18 bits per heavy atom. The van der Waals surface area contributed by atoms with E-state index >= 15 is 0 Å². The Morgan fingerprint density at radius 3 is 2.82 bits per heavy atom. The van der Waals surface area contributed by atoms with Gasteiger partial charge in [0.05, 0.1) is 11.4 Å². The largest absolute Gasteiger partial charge is 0.394 e. The zero-order valence-electron chi connectivity index (χ0n) is 6.57. The van der Waals surface area contributed by atoms with Crippen molar-refractivity contribution in [3.05, 3.63) is 18.1 Å². The van der Waals surface area contributed by atoms with Crippen LogP contribution in [0.15, 0.2) is 12.4 Å². The average Bonchev–Trinajstić information content (AvgIpc) is 2.41. The summed E-state index contributed by atoms with van der Waals surface area (Å²) in [5.74, 6) is 0. The number of nitrogen functional groups attached to an aromatic ring is 1. The first kappa shape index (κ1) is 6.27. The second-order valence-electron chi connectivity index (χ2n) is 2.68. The van der Waals surface area contributed by atoms with Crippen molar-refractivity contribution in [3.63, 3.8) is 0 Å². The Balaban J connectivity index is 2.95. The van der Waals surface area contributed by atoms with E-state index in [9.17, 15) is 0 Å². The summed E-state index contributed by atoms with van der Waals surface area (Å²) in [5.41, 5.74) is 8.39. The predicted molar refractivity (Wildman–Crippen MR) is 43.3 cm³/mol. The smallest absolute Gasteiger partial charge is 0.159 e. The van der Waals surface area contributed by atoms with Crippen molar-refractivity contribution in [2.75, 3.05) is 5.73 Å². The van der Waals surface area contributed by atoms with Gasteiger partial charge < -0.3 is 10.3 Å². The summed E-state index contributed by atoms with van der Waals surface area (Å²) >= 11 is 0. The minimum Gasteiger partial charge on any atom is -0.394 e. The average molecular weight is 150 g/mol. The molecular weight excluding hydrogens is 140 g/mol. The van der Waals surface area contributed by atoms with E-state index in [1.54, 1.807) is 4.52 Å². The maximum absolute atomic E-state index is 5.78. The van der Waals surface area contributed by atoms with Crippen molar-refractivity contribution >= 4 is 11.3 Å². The molecule has 0 spiro atoms. The highest BCUT2D eigenvalue weighted by Gasteiger charge is 2.07. The monoisotopic (exact) mass is 150 g/mol. The van der Waals surface area contributed by atoms with Crippen LogP contribution in [0.25, 0.3) is 5.65 Å². The fourth-order valence-corrected chi connectivity index (χ4v) is 1.24. The van der Waals surface area contributed by atoms with Crippen molar-refractivity contribution in [2.45, 2.75) is 6.92 Å². The van der Waals surface area contributed by atoms with Crippen LogP contribution in [0.1, 0.15) is 5.69 Å². The molecule has 0 saturated heterocycles. The summed E-state index contributed by atoms with van der Waals surface area (Å²) in [7, 11) is 1.95. The number of hydrogen-bond donors (Lipinski definition) is 1. The number of rotatable bonds is 0. The molecule has 0 radical (unpaired) electrons. The van der Waals surface area contributed by atoms with Gasteiger partial charge in [-0.05, 0) is 6.92 Å². The van der Waals surface area contributed by atoms with Gasteiger partial charge in [0, 0.05) is 19.4 Å². The van der Waals surface area contributed by atoms with Gasteiger partial charge in [0.25, 0.3) is 0 Å². The van der Waals surface area contributed by atoms with Crippen LogP contribution in [0.5, 0.6) is 0 Å². The van der Waals surface area contributed by atoms with Crippen LogP contribution in [0.4, 0.5) is 5.69 Å². The molecule has 0 aliphatic carbocycles. The summed E-state index contributed by atoms with van der Waals surface area (Å²) in [4.78, 5) is 0. The van der Waals surface area contributed by atoms with Crippen LogP contribution in [0.2, 0.25) is 0 Å². The van der Waals surface area contributed by atoms with Gasteiger partial charge in [-0.2, -0.15) is 5.10 Å². The lowest BCUT2D eigenvalue weighted by Crippen LogP contribution is -1.91. The summed E-state index contributed by atoms with van der Waals surface area (Å²) in [6.45, 7) is 1.91. The second-order valence-corrected chi connectivity index (χ2v) is 2.68. The number of nitrogens with two attached hydrogens (primary N) is 1. The number of aryl methyl sites for hydroxylation is 2. The maximum Gasteiger partial charge on any atom is 0.159 e. The molecular formula is C7H10N4. The molecule has 0 atom stereocenters. The molecule has 2 heterocycles. The maximum atomic E-state index is 5.78. The van der Waals surface area contributed by atoms with Crippen LogP contribution in [-0.4, -0.2) is 14.2 Å². The lowest BCUT2D eigenvalue weighted by molar-refractivity contribution is 0.918. The van der Waals surface area contributed by atoms with E-state index in [2.05, 4.69) is 5.10 Å². The summed E-state index contributed by atoms with van der Waals surface area (Å²) in [5, 5.41) is 4.20. The van der Waals surface area contributed by atoms with E-state index in [1.165, 1.54) is 0 Å². The number of imidazole rings is 1. The predicted octanol–water partition coefficient (Wildman–Crippen LogP) is 0.563. The standard InChI is InChI=1S/C7H10N4/c1-5-6(8)7-10(2)3-4-11(7)9-5/h3-4H,8H2,1-2H3. The Bertz CT molecular complexity index is 396. The SMILES string of the molecule is Cc1nn2ccn(C)c2c1N. The van der Waals surface area contributed by atoms with Crippen LogP contribution in [0, 0.1) is 6.92 Å². The van der Waals surface area contributed by atoms with Crippen LogP contribution < -0.4 is 5.73 Å². The Kier molecular flexibility index (Phi) is 1.01. The minimum atomic E-state index is 0.762. The third-order valence-electron chi connectivity index (χ3n) is 1.87. The van der Waals surface area contributed by atoms with E-state index < -0.39 is 0 Å². The Labute approximate surface area is 64.2 Å². The first-order chi connectivity index (χ1) is 5.20. The molecule has 0 saturated carbocycles. The first-order valence-electron chi connectivity index (χ1n) is 3.46. The number of anilines is 1.